The van der Waals surface area contributed by atoms with Crippen molar-refractivity contribution in [3.8, 4) is 5.75 Å². The van der Waals surface area contributed by atoms with Crippen LogP contribution in [-0.2, 0) is 6.42 Å². The summed E-state index contributed by atoms with van der Waals surface area (Å²) in [6.45, 7) is 3.31. The van der Waals surface area contributed by atoms with E-state index in [4.69, 9.17) is 0 Å². The molecule has 0 radical (unpaired) electrons. The molecule has 2 aromatic rings. The van der Waals surface area contributed by atoms with Gasteiger partial charge in [0.2, 0.25) is 0 Å². The molecule has 1 aliphatic rings. The van der Waals surface area contributed by atoms with Crippen LogP contribution in [0.25, 0.3) is 11.0 Å². The van der Waals surface area contributed by atoms with Crippen molar-refractivity contribution in [3.05, 3.63) is 24.0 Å². The van der Waals surface area contributed by atoms with Gasteiger partial charge in [-0.05, 0) is 30.9 Å². The van der Waals surface area contributed by atoms with E-state index >= 15 is 0 Å². The van der Waals surface area contributed by atoms with Crippen LogP contribution in [0.5, 0.6) is 5.75 Å². The zero-order valence-electron chi connectivity index (χ0n) is 12.0. The first-order valence-electron chi connectivity index (χ1n) is 7.63. The molecule has 3 N–H and O–H groups in total. The molecule has 108 valence electrons. The number of aromatic hydroxyl groups is 1. The van der Waals surface area contributed by atoms with E-state index in [1.165, 1.54) is 25.7 Å². The van der Waals surface area contributed by atoms with Crippen LogP contribution in [0, 0.1) is 5.92 Å². The van der Waals surface area contributed by atoms with Crippen LogP contribution in [0.15, 0.2) is 18.2 Å². The van der Waals surface area contributed by atoms with Gasteiger partial charge in [-0.1, -0.05) is 19.8 Å². The predicted molar refractivity (Wildman–Crippen MR) is 80.9 cm³/mol. The molecule has 4 nitrogen and oxygen atoms in total. The molecular formula is C16H23N3O. The van der Waals surface area contributed by atoms with E-state index in [0.29, 0.717) is 6.04 Å². The maximum Gasteiger partial charge on any atom is 0.117 e. The molecule has 3 rings (SSSR count). The number of hydrogen-bond donors (Lipinski definition) is 3. The third-order valence-electron chi connectivity index (χ3n) is 4.39. The van der Waals surface area contributed by atoms with E-state index in [1.54, 1.807) is 12.1 Å². The van der Waals surface area contributed by atoms with Crippen molar-refractivity contribution in [2.75, 3.05) is 6.54 Å². The maximum atomic E-state index is 9.45. The minimum atomic E-state index is 0.279. The zero-order valence-corrected chi connectivity index (χ0v) is 12.0. The molecule has 0 aliphatic heterocycles. The summed E-state index contributed by atoms with van der Waals surface area (Å²) in [5.74, 6) is 2.06. The fourth-order valence-electron chi connectivity index (χ4n) is 3.16. The van der Waals surface area contributed by atoms with Crippen molar-refractivity contribution in [3.63, 3.8) is 0 Å². The van der Waals surface area contributed by atoms with Crippen LogP contribution < -0.4 is 5.32 Å². The van der Waals surface area contributed by atoms with Gasteiger partial charge in [-0.3, -0.25) is 0 Å². The molecule has 0 spiro atoms. The minimum absolute atomic E-state index is 0.279. The summed E-state index contributed by atoms with van der Waals surface area (Å²) >= 11 is 0. The smallest absolute Gasteiger partial charge is 0.117 e. The first-order chi connectivity index (χ1) is 9.72. The van der Waals surface area contributed by atoms with Crippen molar-refractivity contribution in [2.24, 2.45) is 5.92 Å². The van der Waals surface area contributed by atoms with Crippen LogP contribution in [0.1, 0.15) is 38.4 Å². The third kappa shape index (κ3) is 2.96. The highest BCUT2D eigenvalue weighted by Crippen LogP contribution is 2.23. The van der Waals surface area contributed by atoms with Gasteiger partial charge in [0.15, 0.2) is 0 Å². The average molecular weight is 273 g/mol. The Balaban J connectivity index is 1.57. The highest BCUT2D eigenvalue weighted by molar-refractivity contribution is 5.76. The van der Waals surface area contributed by atoms with Crippen LogP contribution >= 0.6 is 0 Å². The van der Waals surface area contributed by atoms with Crippen molar-refractivity contribution < 1.29 is 5.11 Å². The van der Waals surface area contributed by atoms with Crippen molar-refractivity contribution in [1.82, 2.24) is 15.3 Å². The number of aromatic amines is 1. The number of nitrogens with zero attached hydrogens (tertiary/aromatic N) is 1. The van der Waals surface area contributed by atoms with Crippen LogP contribution in [0.4, 0.5) is 0 Å². The summed E-state index contributed by atoms with van der Waals surface area (Å²) in [6, 6.07) is 5.91. The van der Waals surface area contributed by atoms with E-state index in [0.717, 1.165) is 35.7 Å². The quantitative estimate of drug-likeness (QED) is 0.802. The van der Waals surface area contributed by atoms with Gasteiger partial charge < -0.3 is 15.4 Å². The number of imidazole rings is 1. The van der Waals surface area contributed by atoms with E-state index in [9.17, 15) is 5.11 Å². The molecule has 1 aromatic carbocycles. The summed E-state index contributed by atoms with van der Waals surface area (Å²) in [5.41, 5.74) is 1.83. The molecule has 0 amide bonds. The number of phenols is 1. The van der Waals surface area contributed by atoms with Crippen LogP contribution in [0.2, 0.25) is 0 Å². The highest BCUT2D eigenvalue weighted by atomic mass is 16.3. The second-order valence-electron chi connectivity index (χ2n) is 5.96. The van der Waals surface area contributed by atoms with Gasteiger partial charge >= 0.3 is 0 Å². The Hall–Kier alpha value is -1.55. The highest BCUT2D eigenvalue weighted by Gasteiger charge is 2.20. The Morgan fingerprint density at radius 2 is 2.20 bits per heavy atom. The summed E-state index contributed by atoms with van der Waals surface area (Å²) in [5, 5.41) is 13.1. The molecule has 2 unspecified atom stereocenters. The normalized spacial score (nSPS) is 23.2. The summed E-state index contributed by atoms with van der Waals surface area (Å²) in [4.78, 5) is 7.82. The predicted octanol–water partition coefficient (Wildman–Crippen LogP) is 2.98. The molecule has 0 bridgehead atoms. The van der Waals surface area contributed by atoms with Gasteiger partial charge in [0.1, 0.15) is 11.6 Å². The first kappa shape index (κ1) is 13.4. The fourth-order valence-corrected chi connectivity index (χ4v) is 3.16. The fraction of sp³-hybridized carbons (Fsp3) is 0.562. The largest absolute Gasteiger partial charge is 0.508 e. The SMILES string of the molecule is CC1CCCCC1NCCc1nc2ccc(O)cc2[nH]1. The number of fused-ring (bicyclic) bond motifs is 1. The van der Waals surface area contributed by atoms with Crippen molar-refractivity contribution in [2.45, 2.75) is 45.1 Å². The van der Waals surface area contributed by atoms with Crippen molar-refractivity contribution >= 4 is 11.0 Å². The number of aromatic nitrogens is 2. The number of H-pyrrole nitrogens is 1. The van der Waals surface area contributed by atoms with Crippen LogP contribution in [0.3, 0.4) is 0 Å². The van der Waals surface area contributed by atoms with Gasteiger partial charge in [-0.25, -0.2) is 4.98 Å². The Bertz CT molecular complexity index is 578. The van der Waals surface area contributed by atoms with Gasteiger partial charge in [0, 0.05) is 25.1 Å². The standard InChI is InChI=1S/C16H23N3O/c1-11-4-2-3-5-13(11)17-9-8-16-18-14-7-6-12(20)10-15(14)19-16/h6-7,10-11,13,17,20H,2-5,8-9H2,1H3,(H,18,19). The number of phenolic OH excluding ortho intramolecular Hbond substituents is 1. The number of rotatable bonds is 4. The lowest BCUT2D eigenvalue weighted by Gasteiger charge is -2.29. The maximum absolute atomic E-state index is 9.45. The Morgan fingerprint density at radius 3 is 3.05 bits per heavy atom. The van der Waals surface area contributed by atoms with Crippen molar-refractivity contribution in [1.29, 1.82) is 0 Å². The second-order valence-corrected chi connectivity index (χ2v) is 5.96. The molecule has 1 aliphatic carbocycles. The lowest BCUT2D eigenvalue weighted by atomic mass is 9.86. The molecule has 1 aromatic heterocycles. The van der Waals surface area contributed by atoms with E-state index in [2.05, 4.69) is 22.2 Å². The summed E-state index contributed by atoms with van der Waals surface area (Å²) in [7, 11) is 0. The Kier molecular flexibility index (Phi) is 3.92. The topological polar surface area (TPSA) is 60.9 Å². The van der Waals surface area contributed by atoms with Gasteiger partial charge in [-0.2, -0.15) is 0 Å². The van der Waals surface area contributed by atoms with E-state index < -0.39 is 0 Å². The zero-order chi connectivity index (χ0) is 13.9. The van der Waals surface area contributed by atoms with Gasteiger partial charge in [0.25, 0.3) is 0 Å². The Morgan fingerprint density at radius 1 is 1.35 bits per heavy atom. The molecule has 0 saturated heterocycles. The molecular weight excluding hydrogens is 250 g/mol. The number of benzene rings is 1. The third-order valence-corrected chi connectivity index (χ3v) is 4.39. The minimum Gasteiger partial charge on any atom is -0.508 e. The molecule has 4 heteroatoms. The average Bonchev–Trinajstić information content (AvgIpc) is 2.83. The lowest BCUT2D eigenvalue weighted by molar-refractivity contribution is 0.282. The summed E-state index contributed by atoms with van der Waals surface area (Å²) in [6.07, 6.45) is 6.29. The Labute approximate surface area is 119 Å². The van der Waals surface area contributed by atoms with Gasteiger partial charge in [0.05, 0.1) is 11.0 Å². The van der Waals surface area contributed by atoms with Crippen LogP contribution in [-0.4, -0.2) is 27.7 Å². The molecule has 1 heterocycles. The van der Waals surface area contributed by atoms with E-state index in [1.807, 2.05) is 6.07 Å². The van der Waals surface area contributed by atoms with E-state index in [-0.39, 0.29) is 5.75 Å². The van der Waals surface area contributed by atoms with Gasteiger partial charge in [-0.15, -0.1) is 0 Å². The molecule has 2 atom stereocenters. The first-order valence-corrected chi connectivity index (χ1v) is 7.63. The lowest BCUT2D eigenvalue weighted by Crippen LogP contribution is -2.38. The second kappa shape index (κ2) is 5.83. The number of nitrogens with one attached hydrogen (secondary N) is 2. The molecule has 1 saturated carbocycles. The molecule has 1 fully saturated rings. The summed E-state index contributed by atoms with van der Waals surface area (Å²) < 4.78 is 0. The number of hydrogen-bond acceptors (Lipinski definition) is 3. The molecule has 20 heavy (non-hydrogen) atoms. The monoisotopic (exact) mass is 273 g/mol.